The summed E-state index contributed by atoms with van der Waals surface area (Å²) in [5, 5.41) is 0. The normalized spacial score (nSPS) is 11.1. The van der Waals surface area contributed by atoms with E-state index in [1.54, 1.807) is 13.2 Å². The average molecular weight is 139 g/mol. The van der Waals surface area contributed by atoms with E-state index in [-0.39, 0.29) is 0 Å². The quantitative estimate of drug-likeness (QED) is 0.420. The molecule has 56 valence electrons. The highest BCUT2D eigenvalue weighted by Crippen LogP contribution is 2.01. The first-order valence-corrected chi connectivity index (χ1v) is 3.12. The van der Waals surface area contributed by atoms with Crippen molar-refractivity contribution in [2.24, 2.45) is 4.99 Å². The number of hydrogen-bond acceptors (Lipinski definition) is 2. The summed E-state index contributed by atoms with van der Waals surface area (Å²) in [7, 11) is 1.66. The second-order valence-corrected chi connectivity index (χ2v) is 1.79. The van der Waals surface area contributed by atoms with Gasteiger partial charge in [-0.2, -0.15) is 0 Å². The molecule has 0 aromatic heterocycles. The molecule has 0 spiro atoms. The lowest BCUT2D eigenvalue weighted by atomic mass is 10.3. The van der Waals surface area contributed by atoms with Crippen molar-refractivity contribution in [3.8, 4) is 0 Å². The highest BCUT2D eigenvalue weighted by atomic mass is 16.5. The van der Waals surface area contributed by atoms with Gasteiger partial charge in [0.1, 0.15) is 0 Å². The molecule has 0 aliphatic carbocycles. The van der Waals surface area contributed by atoms with Gasteiger partial charge in [-0.05, 0) is 12.8 Å². The molecule has 0 fully saturated rings. The molecule has 0 aromatic rings. The molecule has 0 N–H and O–H groups in total. The SMILES string of the molecule is C=C/C=C(/CCOC)N=C. The van der Waals surface area contributed by atoms with Crippen LogP contribution in [0.15, 0.2) is 29.4 Å². The van der Waals surface area contributed by atoms with Gasteiger partial charge in [0.15, 0.2) is 0 Å². The summed E-state index contributed by atoms with van der Waals surface area (Å²) in [5.41, 5.74) is 0.914. The summed E-state index contributed by atoms with van der Waals surface area (Å²) in [4.78, 5) is 3.78. The smallest absolute Gasteiger partial charge is 0.0517 e. The maximum Gasteiger partial charge on any atom is 0.0517 e. The average Bonchev–Trinajstić information content (AvgIpc) is 1.98. The summed E-state index contributed by atoms with van der Waals surface area (Å²) in [6, 6.07) is 0. The Morgan fingerprint density at radius 1 is 1.70 bits per heavy atom. The summed E-state index contributed by atoms with van der Waals surface area (Å²) >= 11 is 0. The highest BCUT2D eigenvalue weighted by Gasteiger charge is 1.89. The largest absolute Gasteiger partial charge is 0.384 e. The molecular formula is C8H13NO. The van der Waals surface area contributed by atoms with Gasteiger partial charge in [-0.3, -0.25) is 4.99 Å². The number of hydrogen-bond donors (Lipinski definition) is 0. The van der Waals surface area contributed by atoms with Crippen LogP contribution in [0.4, 0.5) is 0 Å². The summed E-state index contributed by atoms with van der Waals surface area (Å²) in [6.45, 7) is 7.64. The van der Waals surface area contributed by atoms with Gasteiger partial charge < -0.3 is 4.74 Å². The number of methoxy groups -OCH3 is 1. The lowest BCUT2D eigenvalue weighted by Crippen LogP contribution is -1.89. The number of ether oxygens (including phenoxy) is 1. The second-order valence-electron chi connectivity index (χ2n) is 1.79. The molecule has 0 aliphatic rings. The monoisotopic (exact) mass is 139 g/mol. The number of rotatable bonds is 5. The van der Waals surface area contributed by atoms with Gasteiger partial charge in [-0.15, -0.1) is 0 Å². The van der Waals surface area contributed by atoms with Gasteiger partial charge in [0.05, 0.1) is 6.61 Å². The van der Waals surface area contributed by atoms with Gasteiger partial charge in [-0.25, -0.2) is 0 Å². The zero-order valence-electron chi connectivity index (χ0n) is 6.34. The van der Waals surface area contributed by atoms with E-state index >= 15 is 0 Å². The molecular weight excluding hydrogens is 126 g/mol. The summed E-state index contributed by atoms with van der Waals surface area (Å²) < 4.78 is 4.86. The molecule has 0 saturated carbocycles. The Morgan fingerprint density at radius 2 is 2.40 bits per heavy atom. The second kappa shape index (κ2) is 6.23. The Bertz CT molecular complexity index is 138. The van der Waals surface area contributed by atoms with Crippen molar-refractivity contribution in [1.82, 2.24) is 0 Å². The topological polar surface area (TPSA) is 21.6 Å². The third-order valence-electron chi connectivity index (χ3n) is 1.08. The van der Waals surface area contributed by atoms with E-state index in [1.807, 2.05) is 6.08 Å². The standard InChI is InChI=1S/C8H13NO/c1-4-5-8(9-2)6-7-10-3/h4-5H,1-2,6-7H2,3H3/b8-5-. The lowest BCUT2D eigenvalue weighted by Gasteiger charge is -1.97. The Labute approximate surface area is 61.9 Å². The summed E-state index contributed by atoms with van der Waals surface area (Å²) in [5.74, 6) is 0. The minimum atomic E-state index is 0.679. The van der Waals surface area contributed by atoms with Crippen LogP contribution >= 0.6 is 0 Å². The van der Waals surface area contributed by atoms with Crippen LogP contribution in [0, 0.1) is 0 Å². The van der Waals surface area contributed by atoms with Crippen molar-refractivity contribution < 1.29 is 4.74 Å². The first-order chi connectivity index (χ1) is 4.85. The van der Waals surface area contributed by atoms with Gasteiger partial charge in [0.2, 0.25) is 0 Å². The first-order valence-electron chi connectivity index (χ1n) is 3.12. The van der Waals surface area contributed by atoms with E-state index in [0.717, 1.165) is 12.1 Å². The van der Waals surface area contributed by atoms with Crippen molar-refractivity contribution in [2.75, 3.05) is 13.7 Å². The van der Waals surface area contributed by atoms with E-state index < -0.39 is 0 Å². The third kappa shape index (κ3) is 4.04. The van der Waals surface area contributed by atoms with Gasteiger partial charge in [-0.1, -0.05) is 12.7 Å². The Balaban J connectivity index is 3.70. The molecule has 2 nitrogen and oxygen atoms in total. The zero-order chi connectivity index (χ0) is 7.82. The van der Waals surface area contributed by atoms with E-state index in [4.69, 9.17) is 4.74 Å². The molecule has 0 radical (unpaired) electrons. The minimum absolute atomic E-state index is 0.679. The van der Waals surface area contributed by atoms with Crippen molar-refractivity contribution in [3.63, 3.8) is 0 Å². The predicted molar refractivity (Wildman–Crippen MR) is 44.3 cm³/mol. The van der Waals surface area contributed by atoms with Crippen molar-refractivity contribution in [2.45, 2.75) is 6.42 Å². The molecule has 0 aromatic carbocycles. The molecule has 0 heterocycles. The van der Waals surface area contributed by atoms with E-state index in [2.05, 4.69) is 18.3 Å². The molecule has 0 amide bonds. The zero-order valence-corrected chi connectivity index (χ0v) is 6.34. The fourth-order valence-electron chi connectivity index (χ4n) is 0.558. The molecule has 2 heteroatoms. The number of nitrogens with zero attached hydrogens (tertiary/aromatic N) is 1. The van der Waals surface area contributed by atoms with Crippen molar-refractivity contribution in [1.29, 1.82) is 0 Å². The van der Waals surface area contributed by atoms with Crippen LogP contribution < -0.4 is 0 Å². The molecule has 0 bridgehead atoms. The van der Waals surface area contributed by atoms with E-state index in [9.17, 15) is 0 Å². The number of allylic oxidation sites excluding steroid dienone is 2. The van der Waals surface area contributed by atoms with Crippen LogP contribution in [-0.2, 0) is 4.74 Å². The summed E-state index contributed by atoms with van der Waals surface area (Å²) in [6.07, 6.45) is 4.32. The number of aliphatic imine (C=N–C) groups is 1. The van der Waals surface area contributed by atoms with Crippen molar-refractivity contribution >= 4 is 6.72 Å². The van der Waals surface area contributed by atoms with Gasteiger partial charge >= 0.3 is 0 Å². The first kappa shape index (κ1) is 9.11. The van der Waals surface area contributed by atoms with Crippen LogP contribution in [-0.4, -0.2) is 20.4 Å². The minimum Gasteiger partial charge on any atom is -0.384 e. The highest BCUT2D eigenvalue weighted by molar-refractivity contribution is 5.29. The molecule has 0 aliphatic heterocycles. The fourth-order valence-corrected chi connectivity index (χ4v) is 0.558. The van der Waals surface area contributed by atoms with E-state index in [0.29, 0.717) is 6.61 Å². The van der Waals surface area contributed by atoms with Crippen LogP contribution in [0.25, 0.3) is 0 Å². The predicted octanol–water partition coefficient (Wildman–Crippen LogP) is 1.79. The maximum absolute atomic E-state index is 4.86. The molecule has 0 rings (SSSR count). The van der Waals surface area contributed by atoms with Gasteiger partial charge in [0, 0.05) is 19.2 Å². The van der Waals surface area contributed by atoms with E-state index in [1.165, 1.54) is 0 Å². The molecule has 0 atom stereocenters. The van der Waals surface area contributed by atoms with Crippen LogP contribution in [0.2, 0.25) is 0 Å². The maximum atomic E-state index is 4.86. The van der Waals surface area contributed by atoms with Gasteiger partial charge in [0.25, 0.3) is 0 Å². The van der Waals surface area contributed by atoms with Crippen molar-refractivity contribution in [3.05, 3.63) is 24.4 Å². The fraction of sp³-hybridized carbons (Fsp3) is 0.375. The molecule has 0 saturated heterocycles. The van der Waals surface area contributed by atoms with Crippen LogP contribution in [0.1, 0.15) is 6.42 Å². The van der Waals surface area contributed by atoms with Crippen LogP contribution in [0.5, 0.6) is 0 Å². The Kier molecular flexibility index (Phi) is 5.68. The molecule has 0 unspecified atom stereocenters. The third-order valence-corrected chi connectivity index (χ3v) is 1.08. The molecule has 10 heavy (non-hydrogen) atoms. The lowest BCUT2D eigenvalue weighted by molar-refractivity contribution is 0.202. The Morgan fingerprint density at radius 3 is 2.80 bits per heavy atom. The van der Waals surface area contributed by atoms with Crippen LogP contribution in [0.3, 0.4) is 0 Å². The Hall–Kier alpha value is -0.890.